The summed E-state index contributed by atoms with van der Waals surface area (Å²) in [6, 6.07) is -0.128. The number of nitrogens with zero attached hydrogens (tertiary/aromatic N) is 2. The molecule has 0 aromatic carbocycles. The summed E-state index contributed by atoms with van der Waals surface area (Å²) in [4.78, 5) is 3.93. The summed E-state index contributed by atoms with van der Waals surface area (Å²) < 4.78 is 23.7. The third kappa shape index (κ3) is 3.12. The van der Waals surface area contributed by atoms with Crippen LogP contribution in [0.15, 0.2) is 12.5 Å². The smallest absolute Gasteiger partial charge is 0.149 e. The summed E-state index contributed by atoms with van der Waals surface area (Å²) in [5.74, 6) is 0.114. The van der Waals surface area contributed by atoms with Crippen LogP contribution in [0, 0.1) is 0 Å². The lowest BCUT2D eigenvalue weighted by Crippen LogP contribution is -2.16. The molecule has 1 aromatic rings. The second-order valence-electron chi connectivity index (χ2n) is 3.43. The monoisotopic (exact) mass is 217 g/mol. The number of hydrogen-bond acceptors (Lipinski definition) is 4. The molecular formula is C8H15N3O2S. The highest BCUT2D eigenvalue weighted by atomic mass is 32.2. The Morgan fingerprint density at radius 2 is 2.29 bits per heavy atom. The van der Waals surface area contributed by atoms with Gasteiger partial charge >= 0.3 is 0 Å². The van der Waals surface area contributed by atoms with Gasteiger partial charge in [-0.05, 0) is 6.92 Å². The zero-order chi connectivity index (χ0) is 10.8. The van der Waals surface area contributed by atoms with Gasteiger partial charge in [0.05, 0.1) is 17.8 Å². The van der Waals surface area contributed by atoms with Crippen molar-refractivity contribution < 1.29 is 8.42 Å². The fraction of sp³-hybridized carbons (Fsp3) is 0.625. The number of imidazole rings is 1. The van der Waals surface area contributed by atoms with Crippen LogP contribution in [0.1, 0.15) is 18.7 Å². The Bertz CT molecular complexity index is 394. The average molecular weight is 217 g/mol. The minimum Gasteiger partial charge on any atom is -0.332 e. The lowest BCUT2D eigenvalue weighted by Gasteiger charge is -2.09. The molecule has 0 fully saturated rings. The van der Waals surface area contributed by atoms with E-state index >= 15 is 0 Å². The zero-order valence-corrected chi connectivity index (χ0v) is 9.16. The average Bonchev–Trinajstić information content (AvgIpc) is 2.46. The van der Waals surface area contributed by atoms with Crippen LogP contribution in [0.25, 0.3) is 0 Å². The molecule has 0 unspecified atom stereocenters. The molecule has 0 bridgehead atoms. The zero-order valence-electron chi connectivity index (χ0n) is 8.34. The van der Waals surface area contributed by atoms with Crippen molar-refractivity contribution in [2.45, 2.75) is 19.5 Å². The molecule has 0 saturated carbocycles. The van der Waals surface area contributed by atoms with Gasteiger partial charge in [0.2, 0.25) is 0 Å². The molecule has 80 valence electrons. The molecule has 0 spiro atoms. The molecule has 1 aromatic heterocycles. The van der Waals surface area contributed by atoms with Crippen LogP contribution >= 0.6 is 0 Å². The van der Waals surface area contributed by atoms with Gasteiger partial charge in [0.1, 0.15) is 9.84 Å². The van der Waals surface area contributed by atoms with Crippen LogP contribution in [-0.4, -0.2) is 30.0 Å². The number of hydrogen-bond donors (Lipinski definition) is 1. The lowest BCUT2D eigenvalue weighted by molar-refractivity contribution is 0.589. The van der Waals surface area contributed by atoms with Gasteiger partial charge in [0.25, 0.3) is 0 Å². The maximum atomic E-state index is 10.9. The van der Waals surface area contributed by atoms with E-state index in [1.54, 1.807) is 17.1 Å². The van der Waals surface area contributed by atoms with Crippen molar-refractivity contribution >= 4 is 9.84 Å². The van der Waals surface area contributed by atoms with Crippen molar-refractivity contribution in [2.24, 2.45) is 5.73 Å². The summed E-state index contributed by atoms with van der Waals surface area (Å²) >= 11 is 0. The van der Waals surface area contributed by atoms with E-state index in [-0.39, 0.29) is 11.8 Å². The van der Waals surface area contributed by atoms with Gasteiger partial charge < -0.3 is 10.3 Å². The molecule has 14 heavy (non-hydrogen) atoms. The fourth-order valence-corrected chi connectivity index (χ4v) is 1.69. The first-order chi connectivity index (χ1) is 6.40. The predicted octanol–water partition coefficient (Wildman–Crippen LogP) is -0.0526. The van der Waals surface area contributed by atoms with Crippen LogP contribution in [0.2, 0.25) is 0 Å². The first kappa shape index (κ1) is 11.2. The van der Waals surface area contributed by atoms with Gasteiger partial charge in [-0.2, -0.15) is 0 Å². The summed E-state index contributed by atoms with van der Waals surface area (Å²) in [5, 5.41) is 0. The molecule has 1 rings (SSSR count). The number of rotatable bonds is 4. The number of sulfone groups is 1. The molecule has 1 heterocycles. The highest BCUT2D eigenvalue weighted by molar-refractivity contribution is 7.90. The van der Waals surface area contributed by atoms with Crippen LogP contribution in [0.3, 0.4) is 0 Å². The van der Waals surface area contributed by atoms with Crippen molar-refractivity contribution in [1.29, 1.82) is 0 Å². The second kappa shape index (κ2) is 4.10. The van der Waals surface area contributed by atoms with E-state index in [1.807, 2.05) is 6.92 Å². The number of aryl methyl sites for hydroxylation is 1. The van der Waals surface area contributed by atoms with E-state index in [1.165, 1.54) is 6.26 Å². The molecule has 0 saturated heterocycles. The summed E-state index contributed by atoms with van der Waals surface area (Å²) in [7, 11) is -2.93. The Morgan fingerprint density at radius 3 is 2.79 bits per heavy atom. The molecule has 1 atom stereocenters. The molecule has 2 N–H and O–H groups in total. The molecule has 0 radical (unpaired) electrons. The summed E-state index contributed by atoms with van der Waals surface area (Å²) in [6.45, 7) is 2.25. The Morgan fingerprint density at radius 1 is 1.64 bits per heavy atom. The van der Waals surface area contributed by atoms with E-state index in [0.29, 0.717) is 6.54 Å². The van der Waals surface area contributed by atoms with Crippen molar-refractivity contribution in [3.8, 4) is 0 Å². The topological polar surface area (TPSA) is 78.0 Å². The van der Waals surface area contributed by atoms with Crippen LogP contribution in [0.4, 0.5) is 0 Å². The molecule has 6 heteroatoms. The van der Waals surface area contributed by atoms with Crippen LogP contribution in [0.5, 0.6) is 0 Å². The lowest BCUT2D eigenvalue weighted by atomic mass is 10.3. The van der Waals surface area contributed by atoms with E-state index < -0.39 is 9.84 Å². The van der Waals surface area contributed by atoms with Crippen molar-refractivity contribution in [3.63, 3.8) is 0 Å². The first-order valence-corrected chi connectivity index (χ1v) is 6.39. The second-order valence-corrected chi connectivity index (χ2v) is 5.69. The Labute approximate surface area is 83.9 Å². The Balaban J connectivity index is 2.72. The van der Waals surface area contributed by atoms with E-state index in [2.05, 4.69) is 4.98 Å². The largest absolute Gasteiger partial charge is 0.332 e. The Kier molecular flexibility index (Phi) is 3.28. The minimum atomic E-state index is -2.93. The molecular weight excluding hydrogens is 202 g/mol. The first-order valence-electron chi connectivity index (χ1n) is 4.33. The molecule has 0 aliphatic heterocycles. The summed E-state index contributed by atoms with van der Waals surface area (Å²) in [5.41, 5.74) is 6.54. The van der Waals surface area contributed by atoms with E-state index in [4.69, 9.17) is 5.73 Å². The number of nitrogens with two attached hydrogens (primary N) is 1. The number of aromatic nitrogens is 2. The quantitative estimate of drug-likeness (QED) is 0.767. The van der Waals surface area contributed by atoms with E-state index in [0.717, 1.165) is 5.69 Å². The van der Waals surface area contributed by atoms with Crippen molar-refractivity contribution in [3.05, 3.63) is 18.2 Å². The Hall–Kier alpha value is -0.880. The predicted molar refractivity (Wildman–Crippen MR) is 54.5 cm³/mol. The van der Waals surface area contributed by atoms with Crippen LogP contribution < -0.4 is 5.73 Å². The van der Waals surface area contributed by atoms with Crippen molar-refractivity contribution in [2.75, 3.05) is 12.0 Å². The van der Waals surface area contributed by atoms with Gasteiger partial charge in [-0.25, -0.2) is 13.4 Å². The van der Waals surface area contributed by atoms with Crippen LogP contribution in [-0.2, 0) is 16.4 Å². The highest BCUT2D eigenvalue weighted by Gasteiger charge is 2.08. The molecule has 0 aliphatic carbocycles. The standard InChI is InChI=1S/C8H15N3O2S/c1-7(9)8-5-10-6-11(8)3-4-14(2,12)13/h5-7H,3-4,9H2,1-2H3/t7-/m1/s1. The molecule has 0 amide bonds. The molecule has 5 nitrogen and oxygen atoms in total. The SMILES string of the molecule is C[C@@H](N)c1cncn1CCS(C)(=O)=O. The molecule has 0 aliphatic rings. The third-order valence-electron chi connectivity index (χ3n) is 1.91. The van der Waals surface area contributed by atoms with E-state index in [9.17, 15) is 8.42 Å². The highest BCUT2D eigenvalue weighted by Crippen LogP contribution is 2.08. The van der Waals surface area contributed by atoms with Gasteiger partial charge in [0, 0.05) is 25.0 Å². The van der Waals surface area contributed by atoms with Crippen molar-refractivity contribution in [1.82, 2.24) is 9.55 Å². The van der Waals surface area contributed by atoms with Gasteiger partial charge in [-0.1, -0.05) is 0 Å². The third-order valence-corrected chi connectivity index (χ3v) is 2.84. The minimum absolute atomic E-state index is 0.114. The normalized spacial score (nSPS) is 14.2. The summed E-state index contributed by atoms with van der Waals surface area (Å²) in [6.07, 6.45) is 4.48. The fourth-order valence-electron chi connectivity index (χ4n) is 1.16. The maximum Gasteiger partial charge on any atom is 0.149 e. The van der Waals surface area contributed by atoms with Gasteiger partial charge in [-0.15, -0.1) is 0 Å². The van der Waals surface area contributed by atoms with Gasteiger partial charge in [0.15, 0.2) is 0 Å². The van der Waals surface area contributed by atoms with Gasteiger partial charge in [-0.3, -0.25) is 0 Å². The maximum absolute atomic E-state index is 10.9.